The van der Waals surface area contributed by atoms with Gasteiger partial charge in [-0.15, -0.1) is 10.2 Å². The predicted molar refractivity (Wildman–Crippen MR) is 81.3 cm³/mol. The molecule has 2 heterocycles. The fraction of sp³-hybridized carbons (Fsp3) is 0.0667. The number of carbonyl (C=O) groups is 1. The fourth-order valence-corrected chi connectivity index (χ4v) is 2.59. The normalized spacial score (nSPS) is 10.3. The van der Waals surface area contributed by atoms with Crippen molar-refractivity contribution in [3.8, 4) is 0 Å². The molecule has 2 aromatic heterocycles. The molecule has 0 aliphatic heterocycles. The van der Waals surface area contributed by atoms with E-state index in [4.69, 9.17) is 0 Å². The molecule has 0 aliphatic carbocycles. The van der Waals surface area contributed by atoms with E-state index in [0.29, 0.717) is 17.1 Å². The molecule has 21 heavy (non-hydrogen) atoms. The summed E-state index contributed by atoms with van der Waals surface area (Å²) in [5, 5.41) is 12.2. The van der Waals surface area contributed by atoms with Crippen molar-refractivity contribution in [3.63, 3.8) is 0 Å². The monoisotopic (exact) mass is 296 g/mol. The van der Waals surface area contributed by atoms with Crippen molar-refractivity contribution in [2.45, 2.75) is 6.42 Å². The van der Waals surface area contributed by atoms with Gasteiger partial charge in [0.15, 0.2) is 0 Å². The van der Waals surface area contributed by atoms with Gasteiger partial charge < -0.3 is 0 Å². The number of nitrogens with one attached hydrogen (secondary N) is 1. The Morgan fingerprint density at radius 3 is 2.57 bits per heavy atom. The van der Waals surface area contributed by atoms with Crippen molar-refractivity contribution in [1.29, 1.82) is 0 Å². The maximum Gasteiger partial charge on any atom is 0.257 e. The quantitative estimate of drug-likeness (QED) is 0.804. The zero-order valence-electron chi connectivity index (χ0n) is 11.1. The summed E-state index contributed by atoms with van der Waals surface area (Å²) in [6.45, 7) is 0. The van der Waals surface area contributed by atoms with E-state index < -0.39 is 0 Å². The van der Waals surface area contributed by atoms with Gasteiger partial charge in [-0.25, -0.2) is 0 Å². The summed E-state index contributed by atoms with van der Waals surface area (Å²) in [6, 6.07) is 13.3. The molecule has 0 fully saturated rings. The second-order valence-electron chi connectivity index (χ2n) is 4.35. The average molecular weight is 296 g/mol. The van der Waals surface area contributed by atoms with Gasteiger partial charge in [0.1, 0.15) is 5.01 Å². The fourth-order valence-electron chi connectivity index (χ4n) is 1.82. The highest BCUT2D eigenvalue weighted by molar-refractivity contribution is 7.15. The summed E-state index contributed by atoms with van der Waals surface area (Å²) >= 11 is 1.38. The van der Waals surface area contributed by atoms with Gasteiger partial charge in [-0.1, -0.05) is 41.7 Å². The van der Waals surface area contributed by atoms with Crippen molar-refractivity contribution >= 4 is 22.4 Å². The topological polar surface area (TPSA) is 67.8 Å². The predicted octanol–water partition coefficient (Wildman–Crippen LogP) is 2.78. The zero-order valence-corrected chi connectivity index (χ0v) is 11.9. The van der Waals surface area contributed by atoms with Gasteiger partial charge in [-0.2, -0.15) is 0 Å². The standard InChI is InChI=1S/C15H12N4OS/c20-14(12-6-8-16-9-7-12)17-15-19-18-13(21-15)10-11-4-2-1-3-5-11/h1-9H,10H2,(H,17,19,20). The molecule has 0 aliphatic rings. The van der Waals surface area contributed by atoms with Crippen LogP contribution in [0.1, 0.15) is 20.9 Å². The maximum absolute atomic E-state index is 12.0. The Balaban J connectivity index is 1.67. The first kappa shape index (κ1) is 13.4. The molecule has 3 aromatic rings. The van der Waals surface area contributed by atoms with Gasteiger partial charge in [-0.3, -0.25) is 15.1 Å². The SMILES string of the molecule is O=C(Nc1nnc(Cc2ccccc2)s1)c1ccncc1. The molecule has 1 N–H and O–H groups in total. The highest BCUT2D eigenvalue weighted by Crippen LogP contribution is 2.19. The largest absolute Gasteiger partial charge is 0.296 e. The first-order chi connectivity index (χ1) is 10.3. The van der Waals surface area contributed by atoms with E-state index >= 15 is 0 Å². The summed E-state index contributed by atoms with van der Waals surface area (Å²) in [7, 11) is 0. The van der Waals surface area contributed by atoms with Crippen LogP contribution in [0.15, 0.2) is 54.9 Å². The minimum absolute atomic E-state index is 0.209. The van der Waals surface area contributed by atoms with Crippen molar-refractivity contribution in [3.05, 3.63) is 71.0 Å². The van der Waals surface area contributed by atoms with E-state index in [1.54, 1.807) is 24.5 Å². The van der Waals surface area contributed by atoms with Gasteiger partial charge in [0.05, 0.1) is 0 Å². The van der Waals surface area contributed by atoms with E-state index in [1.165, 1.54) is 16.9 Å². The third-order valence-corrected chi connectivity index (χ3v) is 3.67. The molecule has 3 rings (SSSR count). The average Bonchev–Trinajstić information content (AvgIpc) is 2.96. The maximum atomic E-state index is 12.0. The third kappa shape index (κ3) is 3.49. The molecular weight excluding hydrogens is 284 g/mol. The van der Waals surface area contributed by atoms with Crippen LogP contribution in [-0.2, 0) is 6.42 Å². The lowest BCUT2D eigenvalue weighted by atomic mass is 10.2. The number of aromatic nitrogens is 3. The Hall–Kier alpha value is -2.60. The Morgan fingerprint density at radius 1 is 1.05 bits per heavy atom. The number of rotatable bonds is 4. The lowest BCUT2D eigenvalue weighted by molar-refractivity contribution is 0.102. The molecule has 5 nitrogen and oxygen atoms in total. The highest BCUT2D eigenvalue weighted by Gasteiger charge is 2.10. The number of benzene rings is 1. The highest BCUT2D eigenvalue weighted by atomic mass is 32.1. The Morgan fingerprint density at radius 2 is 1.81 bits per heavy atom. The lowest BCUT2D eigenvalue weighted by Crippen LogP contribution is -2.11. The summed E-state index contributed by atoms with van der Waals surface area (Å²) in [5.74, 6) is -0.209. The van der Waals surface area contributed by atoms with Crippen LogP contribution in [0, 0.1) is 0 Å². The Kier molecular flexibility index (Phi) is 3.97. The first-order valence-electron chi connectivity index (χ1n) is 6.39. The van der Waals surface area contributed by atoms with Crippen LogP contribution in [0.2, 0.25) is 0 Å². The molecule has 0 saturated carbocycles. The van der Waals surface area contributed by atoms with Crippen molar-refractivity contribution < 1.29 is 4.79 Å². The number of amides is 1. The van der Waals surface area contributed by atoms with Crippen LogP contribution in [0.3, 0.4) is 0 Å². The van der Waals surface area contributed by atoms with Gasteiger partial charge in [0.2, 0.25) is 5.13 Å². The zero-order chi connectivity index (χ0) is 14.5. The van der Waals surface area contributed by atoms with Crippen LogP contribution < -0.4 is 5.32 Å². The molecule has 0 bridgehead atoms. The Bertz CT molecular complexity index is 728. The smallest absolute Gasteiger partial charge is 0.257 e. The third-order valence-electron chi connectivity index (χ3n) is 2.83. The van der Waals surface area contributed by atoms with Crippen molar-refractivity contribution in [2.24, 2.45) is 0 Å². The second-order valence-corrected chi connectivity index (χ2v) is 5.42. The molecule has 0 atom stereocenters. The van der Waals surface area contributed by atoms with Gasteiger partial charge in [0, 0.05) is 24.4 Å². The molecular formula is C15H12N4OS. The first-order valence-corrected chi connectivity index (χ1v) is 7.20. The van der Waals surface area contributed by atoms with Crippen LogP contribution >= 0.6 is 11.3 Å². The summed E-state index contributed by atoms with van der Waals surface area (Å²) in [4.78, 5) is 15.9. The number of hydrogen-bond acceptors (Lipinski definition) is 5. The minimum atomic E-state index is -0.209. The summed E-state index contributed by atoms with van der Waals surface area (Å²) < 4.78 is 0. The molecule has 0 radical (unpaired) electrons. The van der Waals surface area contributed by atoms with E-state index in [9.17, 15) is 4.79 Å². The van der Waals surface area contributed by atoms with E-state index in [-0.39, 0.29) is 5.91 Å². The van der Waals surface area contributed by atoms with Gasteiger partial charge >= 0.3 is 0 Å². The van der Waals surface area contributed by atoms with Crippen LogP contribution in [0.4, 0.5) is 5.13 Å². The van der Waals surface area contributed by atoms with Crippen LogP contribution in [0.25, 0.3) is 0 Å². The molecule has 0 unspecified atom stereocenters. The van der Waals surface area contributed by atoms with Crippen LogP contribution in [0.5, 0.6) is 0 Å². The van der Waals surface area contributed by atoms with Crippen molar-refractivity contribution in [2.75, 3.05) is 5.32 Å². The number of nitrogens with zero attached hydrogens (tertiary/aromatic N) is 3. The molecule has 0 saturated heterocycles. The number of carbonyl (C=O) groups excluding carboxylic acids is 1. The van der Waals surface area contributed by atoms with Crippen molar-refractivity contribution in [1.82, 2.24) is 15.2 Å². The van der Waals surface area contributed by atoms with Crippen LogP contribution in [-0.4, -0.2) is 21.1 Å². The number of pyridine rings is 1. The molecule has 0 spiro atoms. The van der Waals surface area contributed by atoms with E-state index in [1.807, 2.05) is 30.3 Å². The summed E-state index contributed by atoms with van der Waals surface area (Å²) in [6.07, 6.45) is 3.87. The molecule has 104 valence electrons. The van der Waals surface area contributed by atoms with Gasteiger partial charge in [-0.05, 0) is 17.7 Å². The second kappa shape index (κ2) is 6.23. The molecule has 1 amide bonds. The number of hydrogen-bond donors (Lipinski definition) is 1. The lowest BCUT2D eigenvalue weighted by Gasteiger charge is -1.99. The minimum Gasteiger partial charge on any atom is -0.296 e. The number of anilines is 1. The molecule has 1 aromatic carbocycles. The Labute approximate surface area is 125 Å². The van der Waals surface area contributed by atoms with E-state index in [2.05, 4.69) is 20.5 Å². The summed E-state index contributed by atoms with van der Waals surface area (Å²) in [5.41, 5.74) is 1.71. The molecule has 6 heteroatoms. The van der Waals surface area contributed by atoms with E-state index in [0.717, 1.165) is 5.01 Å². The van der Waals surface area contributed by atoms with Gasteiger partial charge in [0.25, 0.3) is 5.91 Å².